The van der Waals surface area contributed by atoms with Crippen LogP contribution in [0.2, 0.25) is 5.02 Å². The highest BCUT2D eigenvalue weighted by Gasteiger charge is 2.42. The van der Waals surface area contributed by atoms with Gasteiger partial charge in [-0.25, -0.2) is 4.39 Å². The van der Waals surface area contributed by atoms with E-state index in [1.54, 1.807) is 0 Å². The molecule has 2 aromatic rings. The predicted molar refractivity (Wildman–Crippen MR) is 166 cm³/mol. The van der Waals surface area contributed by atoms with E-state index in [1.807, 2.05) is 61.1 Å². The summed E-state index contributed by atoms with van der Waals surface area (Å²) in [5.41, 5.74) is 0.746. The first-order valence-electron chi connectivity index (χ1n) is 15.6. The van der Waals surface area contributed by atoms with Gasteiger partial charge >= 0.3 is 6.09 Å². The van der Waals surface area contributed by atoms with E-state index in [0.29, 0.717) is 63.6 Å². The van der Waals surface area contributed by atoms with Gasteiger partial charge in [0.2, 0.25) is 11.8 Å². The molecule has 0 aromatic heterocycles. The Bertz CT molecular complexity index is 1370. The number of halogens is 2. The molecule has 0 bridgehead atoms. The van der Waals surface area contributed by atoms with Gasteiger partial charge in [-0.1, -0.05) is 23.7 Å². The summed E-state index contributed by atoms with van der Waals surface area (Å²) >= 11 is 6.17. The second kappa shape index (κ2) is 13.8. The first-order chi connectivity index (χ1) is 21.0. The minimum atomic E-state index is -0.566. The number of carbonyl (C=O) groups excluding carboxylic acids is 3. The molecule has 3 heterocycles. The van der Waals surface area contributed by atoms with Crippen LogP contribution in [0.4, 0.5) is 9.18 Å². The van der Waals surface area contributed by atoms with Gasteiger partial charge in [-0.15, -0.1) is 4.58 Å². The zero-order valence-electron chi connectivity index (χ0n) is 25.7. The Hall–Kier alpha value is -3.30. The van der Waals surface area contributed by atoms with E-state index in [4.69, 9.17) is 21.1 Å². The Labute approximate surface area is 263 Å². The fourth-order valence-corrected chi connectivity index (χ4v) is 6.84. The monoisotopic (exact) mass is 626 g/mol. The number of likely N-dealkylation sites (tertiary alicyclic amines) is 2. The van der Waals surface area contributed by atoms with Crippen molar-refractivity contribution in [2.75, 3.05) is 39.3 Å². The normalized spacial score (nSPS) is 24.3. The predicted octanol–water partition coefficient (Wildman–Crippen LogP) is 5.77. The summed E-state index contributed by atoms with van der Waals surface area (Å²) in [6, 6.07) is 12.9. The number of rotatable bonds is 6. The Morgan fingerprint density at radius 2 is 1.64 bits per heavy atom. The molecule has 3 aliphatic rings. The number of amides is 3. The van der Waals surface area contributed by atoms with Gasteiger partial charge in [0.15, 0.2) is 12.8 Å². The van der Waals surface area contributed by atoms with Gasteiger partial charge in [-0.3, -0.25) is 9.59 Å². The van der Waals surface area contributed by atoms with Crippen molar-refractivity contribution in [1.82, 2.24) is 9.80 Å². The van der Waals surface area contributed by atoms with Crippen LogP contribution in [-0.4, -0.2) is 83.4 Å². The average molecular weight is 627 g/mol. The largest absolute Gasteiger partial charge is 0.601 e. The molecule has 0 radical (unpaired) electrons. The summed E-state index contributed by atoms with van der Waals surface area (Å²) in [4.78, 5) is 44.0. The second-order valence-corrected chi connectivity index (χ2v) is 13.2. The molecule has 5 rings (SSSR count). The lowest BCUT2D eigenvalue weighted by Crippen LogP contribution is -2.48. The third-order valence-electron chi connectivity index (χ3n) is 9.14. The Balaban J connectivity index is 1.26. The van der Waals surface area contributed by atoms with Crippen molar-refractivity contribution >= 4 is 35.7 Å². The number of benzene rings is 2. The number of ether oxygens (including phenoxy) is 2. The lowest BCUT2D eigenvalue weighted by atomic mass is 9.86. The molecular weight excluding hydrogens is 585 g/mol. The second-order valence-electron chi connectivity index (χ2n) is 12.7. The molecule has 44 heavy (non-hydrogen) atoms. The summed E-state index contributed by atoms with van der Waals surface area (Å²) in [5, 5.41) is 0.629. The lowest BCUT2D eigenvalue weighted by Gasteiger charge is -2.39. The molecule has 0 spiro atoms. The van der Waals surface area contributed by atoms with Crippen molar-refractivity contribution in [3.63, 3.8) is 0 Å². The van der Waals surface area contributed by atoms with Gasteiger partial charge in [-0.05, 0) is 88.4 Å². The van der Waals surface area contributed by atoms with E-state index in [0.717, 1.165) is 12.0 Å². The fraction of sp³-hybridized carbons (Fsp3) is 0.529. The van der Waals surface area contributed by atoms with Crippen molar-refractivity contribution in [3.8, 4) is 5.75 Å². The zero-order valence-corrected chi connectivity index (χ0v) is 26.5. The molecule has 8 nitrogen and oxygen atoms in total. The number of piperidine rings is 1. The highest BCUT2D eigenvalue weighted by molar-refractivity contribution is 6.30. The highest BCUT2D eigenvalue weighted by Crippen LogP contribution is 2.35. The molecule has 236 valence electrons. The quantitative estimate of drug-likeness (QED) is 0.301. The maximum absolute atomic E-state index is 13.8. The van der Waals surface area contributed by atoms with Crippen LogP contribution in [0.1, 0.15) is 57.9 Å². The summed E-state index contributed by atoms with van der Waals surface area (Å²) in [6.45, 7) is 9.02. The van der Waals surface area contributed by atoms with Gasteiger partial charge in [-0.2, -0.15) is 4.79 Å². The van der Waals surface area contributed by atoms with Crippen LogP contribution in [0.25, 0.3) is 0 Å². The van der Waals surface area contributed by atoms with Crippen LogP contribution in [0.3, 0.4) is 0 Å². The molecule has 3 amide bonds. The molecule has 0 N–H and O–H groups in total. The van der Waals surface area contributed by atoms with Crippen LogP contribution in [0, 0.1) is 23.6 Å². The molecule has 10 heteroatoms. The topological polar surface area (TPSA) is 79.2 Å². The number of hydrogen-bond donors (Lipinski definition) is 0. The summed E-state index contributed by atoms with van der Waals surface area (Å²) in [5.74, 6) is -0.245. The molecule has 3 unspecified atom stereocenters. The first-order valence-corrected chi connectivity index (χ1v) is 16.0. The number of hydrogen-bond acceptors (Lipinski definition) is 5. The van der Waals surface area contributed by atoms with E-state index < -0.39 is 11.9 Å². The smallest absolute Gasteiger partial charge is 0.376 e. The zero-order chi connectivity index (χ0) is 31.4. The van der Waals surface area contributed by atoms with E-state index in [-0.39, 0.29) is 46.8 Å². The summed E-state index contributed by atoms with van der Waals surface area (Å²) < 4.78 is 26.1. The van der Waals surface area contributed by atoms with Gasteiger partial charge in [0, 0.05) is 55.6 Å². The molecule has 0 saturated carbocycles. The molecule has 3 saturated heterocycles. The Morgan fingerprint density at radius 3 is 2.27 bits per heavy atom. The van der Waals surface area contributed by atoms with Crippen LogP contribution in [0.5, 0.6) is 5.75 Å². The third-order valence-corrected chi connectivity index (χ3v) is 9.39. The third kappa shape index (κ3) is 7.67. The van der Waals surface area contributed by atoms with Gasteiger partial charge < -0.3 is 19.3 Å². The van der Waals surface area contributed by atoms with E-state index in [9.17, 15) is 18.8 Å². The fourth-order valence-electron chi connectivity index (χ4n) is 6.72. The first kappa shape index (κ1) is 32.1. The molecule has 0 aliphatic carbocycles. The van der Waals surface area contributed by atoms with Gasteiger partial charge in [0.05, 0.1) is 11.5 Å². The summed E-state index contributed by atoms with van der Waals surface area (Å²) in [7, 11) is 0. The highest BCUT2D eigenvalue weighted by atomic mass is 35.5. The molecular formula is C34H42ClFN3O5+. The van der Waals surface area contributed by atoms with Crippen LogP contribution < -0.4 is 4.74 Å². The van der Waals surface area contributed by atoms with Crippen molar-refractivity contribution < 1.29 is 32.8 Å². The summed E-state index contributed by atoms with van der Waals surface area (Å²) in [6.07, 6.45) is 4.02. The SMILES string of the molecule is CC[N+](=CC1CN(C(=O)C2CCN(C(=O)C3CCOC(C)(C)C3)CC2)CC1c1ccc(Cl)cc1)C(=O)Oc1ccc(F)cc1. The number of nitrogens with zero attached hydrogens (tertiary/aromatic N) is 3. The Kier molecular flexibility index (Phi) is 10.1. The number of carbonyl (C=O) groups is 3. The molecule has 2 aromatic carbocycles. The van der Waals surface area contributed by atoms with Crippen LogP contribution in [-0.2, 0) is 14.3 Å². The van der Waals surface area contributed by atoms with Crippen molar-refractivity contribution in [2.24, 2.45) is 17.8 Å². The molecule has 3 atom stereocenters. The van der Waals surface area contributed by atoms with Gasteiger partial charge in [0.25, 0.3) is 0 Å². The van der Waals surface area contributed by atoms with Crippen LogP contribution in [0.15, 0.2) is 48.5 Å². The standard InChI is InChI=1S/C34H42ClFN3O5/c1-4-37(33(42)44-29-11-9-28(36)10-12-29)20-26-21-39(22-30(26)23-5-7-27(35)8-6-23)31(40)24-13-16-38(17-14-24)32(41)25-15-18-43-34(2,3)19-25/h5-12,20,24-26,30H,4,13-19,21-22H2,1-3H3/q+1. The molecule has 3 aliphatic heterocycles. The molecule has 3 fully saturated rings. The maximum Gasteiger partial charge on any atom is 0.601 e. The maximum atomic E-state index is 13.8. The minimum absolute atomic E-state index is 0.0303. The lowest BCUT2D eigenvalue weighted by molar-refractivity contribution is -0.434. The van der Waals surface area contributed by atoms with Crippen molar-refractivity contribution in [2.45, 2.75) is 58.0 Å². The van der Waals surface area contributed by atoms with E-state index in [2.05, 4.69) is 0 Å². The van der Waals surface area contributed by atoms with Crippen LogP contribution >= 0.6 is 11.6 Å². The Morgan fingerprint density at radius 1 is 0.977 bits per heavy atom. The average Bonchev–Trinajstić information content (AvgIpc) is 3.44. The van der Waals surface area contributed by atoms with Crippen molar-refractivity contribution in [3.05, 3.63) is 64.9 Å². The van der Waals surface area contributed by atoms with E-state index in [1.165, 1.54) is 28.8 Å². The van der Waals surface area contributed by atoms with Crippen molar-refractivity contribution in [1.29, 1.82) is 0 Å². The minimum Gasteiger partial charge on any atom is -0.376 e. The van der Waals surface area contributed by atoms with E-state index >= 15 is 0 Å². The van der Waals surface area contributed by atoms with Gasteiger partial charge in [0.1, 0.15) is 11.6 Å².